The highest BCUT2D eigenvalue weighted by Crippen LogP contribution is 2.37. The minimum absolute atomic E-state index is 0.389. The molecular weight excluding hydrogens is 410 g/mol. The molecule has 2 aromatic carbocycles. The zero-order valence-electron chi connectivity index (χ0n) is 15.0. The Balaban J connectivity index is 1.61. The number of hydrogen-bond acceptors (Lipinski definition) is 5. The van der Waals surface area contributed by atoms with Gasteiger partial charge in [-0.05, 0) is 51.3 Å². The standard InChI is InChI=1S/C21H22BrNO4/c1-25-20-11-16(12-23-13-18(24)19-8-5-9-26-19)10-17(22)21(20)27-14-15-6-3-2-4-7-15/h2-11,18,23-24H,12-14H2,1H3. The van der Waals surface area contributed by atoms with Crippen LogP contribution in [-0.2, 0) is 13.2 Å². The second-order valence-electron chi connectivity index (χ2n) is 6.05. The lowest BCUT2D eigenvalue weighted by atomic mass is 10.2. The van der Waals surface area contributed by atoms with E-state index >= 15 is 0 Å². The molecule has 142 valence electrons. The van der Waals surface area contributed by atoms with Gasteiger partial charge >= 0.3 is 0 Å². The summed E-state index contributed by atoms with van der Waals surface area (Å²) in [6, 6.07) is 17.4. The van der Waals surface area contributed by atoms with Gasteiger partial charge in [0.2, 0.25) is 0 Å². The van der Waals surface area contributed by atoms with Crippen LogP contribution < -0.4 is 14.8 Å². The van der Waals surface area contributed by atoms with E-state index in [0.717, 1.165) is 15.6 Å². The third-order valence-corrected chi connectivity index (χ3v) is 4.64. The van der Waals surface area contributed by atoms with E-state index in [9.17, 15) is 5.11 Å². The Labute approximate surface area is 167 Å². The molecule has 1 atom stereocenters. The van der Waals surface area contributed by atoms with Crippen LogP contribution in [0.1, 0.15) is 23.0 Å². The van der Waals surface area contributed by atoms with Gasteiger partial charge in [0.15, 0.2) is 11.5 Å². The van der Waals surface area contributed by atoms with Crippen LogP contribution in [0, 0.1) is 0 Å². The molecule has 0 saturated carbocycles. The highest BCUT2D eigenvalue weighted by Gasteiger charge is 2.13. The molecule has 0 amide bonds. The Morgan fingerprint density at radius 1 is 1.11 bits per heavy atom. The molecule has 0 spiro atoms. The molecule has 3 rings (SSSR count). The van der Waals surface area contributed by atoms with E-state index in [2.05, 4.69) is 21.2 Å². The van der Waals surface area contributed by atoms with Gasteiger partial charge in [-0.2, -0.15) is 0 Å². The van der Waals surface area contributed by atoms with Crippen LogP contribution >= 0.6 is 15.9 Å². The Morgan fingerprint density at radius 3 is 2.63 bits per heavy atom. The average Bonchev–Trinajstić information content (AvgIpc) is 3.22. The molecule has 0 aliphatic heterocycles. The largest absolute Gasteiger partial charge is 0.493 e. The first-order valence-electron chi connectivity index (χ1n) is 8.62. The van der Waals surface area contributed by atoms with Crippen molar-refractivity contribution in [1.82, 2.24) is 5.32 Å². The van der Waals surface area contributed by atoms with E-state index in [4.69, 9.17) is 13.9 Å². The van der Waals surface area contributed by atoms with Crippen molar-refractivity contribution in [2.24, 2.45) is 0 Å². The van der Waals surface area contributed by atoms with Crippen LogP contribution in [0.5, 0.6) is 11.5 Å². The first kappa shape index (κ1) is 19.5. The summed E-state index contributed by atoms with van der Waals surface area (Å²) in [5.41, 5.74) is 2.10. The number of benzene rings is 2. The van der Waals surface area contributed by atoms with Crippen LogP contribution in [0.15, 0.2) is 69.8 Å². The topological polar surface area (TPSA) is 63.9 Å². The molecule has 6 heteroatoms. The number of hydrogen-bond donors (Lipinski definition) is 2. The molecular formula is C21H22BrNO4. The molecule has 27 heavy (non-hydrogen) atoms. The molecule has 0 aliphatic rings. The van der Waals surface area contributed by atoms with E-state index < -0.39 is 6.10 Å². The Kier molecular flexibility index (Phi) is 6.92. The van der Waals surface area contributed by atoms with E-state index in [0.29, 0.717) is 37.0 Å². The second kappa shape index (κ2) is 9.60. The fraction of sp³-hybridized carbons (Fsp3) is 0.238. The van der Waals surface area contributed by atoms with Crippen molar-refractivity contribution in [3.05, 3.63) is 82.2 Å². The number of ether oxygens (including phenoxy) is 2. The smallest absolute Gasteiger partial charge is 0.175 e. The third-order valence-electron chi connectivity index (χ3n) is 4.05. The zero-order valence-corrected chi connectivity index (χ0v) is 16.6. The van der Waals surface area contributed by atoms with Crippen molar-refractivity contribution in [2.45, 2.75) is 19.3 Å². The number of nitrogens with one attached hydrogen (secondary N) is 1. The minimum atomic E-state index is -0.682. The monoisotopic (exact) mass is 431 g/mol. The summed E-state index contributed by atoms with van der Waals surface area (Å²) in [5, 5.41) is 13.3. The number of rotatable bonds is 9. The molecule has 3 aromatic rings. The van der Waals surface area contributed by atoms with Gasteiger partial charge in [-0.3, -0.25) is 0 Å². The molecule has 5 nitrogen and oxygen atoms in total. The van der Waals surface area contributed by atoms with Crippen molar-refractivity contribution >= 4 is 15.9 Å². The van der Waals surface area contributed by atoms with Crippen molar-refractivity contribution in [1.29, 1.82) is 0 Å². The molecule has 1 unspecified atom stereocenters. The Hall–Kier alpha value is -2.28. The number of aliphatic hydroxyl groups excluding tert-OH is 1. The van der Waals surface area contributed by atoms with Gasteiger partial charge in [0.05, 0.1) is 17.8 Å². The van der Waals surface area contributed by atoms with E-state index in [1.54, 1.807) is 25.5 Å². The Bertz CT molecular complexity index is 837. The summed E-state index contributed by atoms with van der Waals surface area (Å²) in [6.45, 7) is 1.42. The maximum atomic E-state index is 10.1. The predicted octanol–water partition coefficient (Wildman–Crippen LogP) is 4.45. The van der Waals surface area contributed by atoms with Crippen LogP contribution in [-0.4, -0.2) is 18.8 Å². The molecule has 0 saturated heterocycles. The quantitative estimate of drug-likeness (QED) is 0.523. The van der Waals surface area contributed by atoms with Crippen LogP contribution in [0.3, 0.4) is 0 Å². The predicted molar refractivity (Wildman–Crippen MR) is 107 cm³/mol. The molecule has 0 aliphatic carbocycles. The minimum Gasteiger partial charge on any atom is -0.493 e. The SMILES string of the molecule is COc1cc(CNCC(O)c2ccco2)cc(Br)c1OCc1ccccc1. The summed E-state index contributed by atoms with van der Waals surface area (Å²) < 4.78 is 17.5. The van der Waals surface area contributed by atoms with Crippen LogP contribution in [0.25, 0.3) is 0 Å². The molecule has 1 aromatic heterocycles. The number of furan rings is 1. The summed E-state index contributed by atoms with van der Waals surface area (Å²) >= 11 is 3.57. The fourth-order valence-electron chi connectivity index (χ4n) is 2.68. The first-order chi connectivity index (χ1) is 13.2. The Morgan fingerprint density at radius 2 is 1.93 bits per heavy atom. The van der Waals surface area contributed by atoms with Gasteiger partial charge in [0.25, 0.3) is 0 Å². The number of methoxy groups -OCH3 is 1. The summed E-state index contributed by atoms with van der Waals surface area (Å²) in [7, 11) is 1.62. The normalized spacial score (nSPS) is 12.0. The molecule has 2 N–H and O–H groups in total. The lowest BCUT2D eigenvalue weighted by Gasteiger charge is -2.15. The van der Waals surface area contributed by atoms with Crippen LogP contribution in [0.4, 0.5) is 0 Å². The molecule has 0 bridgehead atoms. The second-order valence-corrected chi connectivity index (χ2v) is 6.90. The van der Waals surface area contributed by atoms with Crippen molar-refractivity contribution in [2.75, 3.05) is 13.7 Å². The zero-order chi connectivity index (χ0) is 19.1. The van der Waals surface area contributed by atoms with Gasteiger partial charge in [0.1, 0.15) is 18.5 Å². The lowest BCUT2D eigenvalue weighted by Crippen LogP contribution is -2.20. The first-order valence-corrected chi connectivity index (χ1v) is 9.42. The van der Waals surface area contributed by atoms with Gasteiger partial charge in [0, 0.05) is 13.1 Å². The van der Waals surface area contributed by atoms with Crippen molar-refractivity contribution < 1.29 is 19.0 Å². The molecule has 0 radical (unpaired) electrons. The summed E-state index contributed by atoms with van der Waals surface area (Å²) in [6.07, 6.45) is 0.869. The maximum absolute atomic E-state index is 10.1. The fourth-order valence-corrected chi connectivity index (χ4v) is 3.28. The number of halogens is 1. The van der Waals surface area contributed by atoms with Crippen molar-refractivity contribution in [3.8, 4) is 11.5 Å². The highest BCUT2D eigenvalue weighted by atomic mass is 79.9. The van der Waals surface area contributed by atoms with E-state index in [1.165, 1.54) is 0 Å². The number of aliphatic hydroxyl groups is 1. The maximum Gasteiger partial charge on any atom is 0.175 e. The van der Waals surface area contributed by atoms with E-state index in [-0.39, 0.29) is 0 Å². The third kappa shape index (κ3) is 5.35. The van der Waals surface area contributed by atoms with Gasteiger partial charge in [-0.15, -0.1) is 0 Å². The van der Waals surface area contributed by atoms with Crippen LogP contribution in [0.2, 0.25) is 0 Å². The van der Waals surface area contributed by atoms with Gasteiger partial charge < -0.3 is 24.3 Å². The average molecular weight is 432 g/mol. The summed E-state index contributed by atoms with van der Waals surface area (Å²) in [4.78, 5) is 0. The highest BCUT2D eigenvalue weighted by molar-refractivity contribution is 9.10. The lowest BCUT2D eigenvalue weighted by molar-refractivity contribution is 0.147. The summed E-state index contributed by atoms with van der Waals surface area (Å²) in [5.74, 6) is 1.87. The molecule has 0 fully saturated rings. The van der Waals surface area contributed by atoms with Gasteiger partial charge in [-0.1, -0.05) is 30.3 Å². The van der Waals surface area contributed by atoms with Crippen molar-refractivity contribution in [3.63, 3.8) is 0 Å². The van der Waals surface area contributed by atoms with Gasteiger partial charge in [-0.25, -0.2) is 0 Å². The molecule has 1 heterocycles. The van der Waals surface area contributed by atoms with E-state index in [1.807, 2.05) is 42.5 Å².